The summed E-state index contributed by atoms with van der Waals surface area (Å²) in [5, 5.41) is 19.8. The predicted octanol–water partition coefficient (Wildman–Crippen LogP) is 5.19. The topological polar surface area (TPSA) is 230 Å². The van der Waals surface area contributed by atoms with Crippen LogP contribution in [0.5, 0.6) is 11.5 Å². The van der Waals surface area contributed by atoms with Crippen LogP contribution in [-0.2, 0) is 9.59 Å². The summed E-state index contributed by atoms with van der Waals surface area (Å²) in [5.74, 6) is -4.52. The molecule has 4 rings (SSSR count). The number of nitrogens with one attached hydrogen (secondary N) is 1. The Kier molecular flexibility index (Phi) is 18.3. The molecule has 14 nitrogen and oxygen atoms in total. The van der Waals surface area contributed by atoms with E-state index in [1.807, 2.05) is 7.05 Å². The van der Waals surface area contributed by atoms with E-state index in [9.17, 15) is 35.9 Å². The molecular weight excluding hydrogens is 761 g/mol. The molecule has 286 valence electrons. The molecule has 0 radical (unpaired) electrons. The number of aliphatic imine (C=N–C) groups is 1. The van der Waals surface area contributed by atoms with Gasteiger partial charge in [0.15, 0.2) is 5.96 Å². The van der Waals surface area contributed by atoms with Crippen LogP contribution in [0.4, 0.5) is 26.3 Å². The lowest BCUT2D eigenvalue weighted by atomic mass is 10.2. The minimum atomic E-state index is -5.08. The van der Waals surface area contributed by atoms with Gasteiger partial charge in [0.2, 0.25) is 0 Å². The van der Waals surface area contributed by atoms with Gasteiger partial charge in [-0.15, -0.1) is 0 Å². The first-order valence-electron chi connectivity index (χ1n) is 14.2. The lowest BCUT2D eigenvalue weighted by Crippen LogP contribution is -2.23. The molecule has 2 aromatic carbocycles. The van der Waals surface area contributed by atoms with Gasteiger partial charge in [0.05, 0.1) is 36.1 Å². The summed E-state index contributed by atoms with van der Waals surface area (Å²) in [6, 6.07) is 12.7. The van der Waals surface area contributed by atoms with Crippen LogP contribution in [-0.4, -0.2) is 73.8 Å². The summed E-state index contributed by atoms with van der Waals surface area (Å²) < 4.78 is 84.8. The Morgan fingerprint density at radius 2 is 1.15 bits per heavy atom. The fraction of sp³-hybridized carbons (Fsp3) is 0.300. The Balaban J connectivity index is 0.000000385. The first-order valence-corrected chi connectivity index (χ1v) is 14.9. The molecule has 0 aliphatic heterocycles. The van der Waals surface area contributed by atoms with E-state index in [4.69, 9.17) is 72.8 Å². The number of fused-ring (bicyclic) bond motifs is 2. The Labute approximate surface area is 298 Å². The van der Waals surface area contributed by atoms with E-state index in [-0.39, 0.29) is 5.96 Å². The van der Waals surface area contributed by atoms with E-state index < -0.39 is 35.5 Å². The first kappa shape index (κ1) is 44.8. The minimum absolute atomic E-state index is 0.0441. The summed E-state index contributed by atoms with van der Waals surface area (Å²) in [5.41, 5.74) is 10.4. The summed E-state index contributed by atoms with van der Waals surface area (Å²) >= 11 is 11.9. The molecular formula is C30H30Cl2F6N4O10. The molecule has 2 aromatic heterocycles. The highest BCUT2D eigenvalue weighted by molar-refractivity contribution is 6.31. The fourth-order valence-corrected chi connectivity index (χ4v) is 3.68. The molecule has 7 N–H and O–H groups in total. The third-order valence-electron chi connectivity index (χ3n) is 5.50. The van der Waals surface area contributed by atoms with Crippen LogP contribution >= 0.6 is 23.2 Å². The Morgan fingerprint density at radius 3 is 1.50 bits per heavy atom. The van der Waals surface area contributed by atoms with Crippen molar-refractivity contribution >= 4 is 63.0 Å². The number of guanidine groups is 1. The molecule has 0 amide bonds. The van der Waals surface area contributed by atoms with Gasteiger partial charge < -0.3 is 45.3 Å². The van der Waals surface area contributed by atoms with Crippen LogP contribution in [0.15, 0.2) is 71.9 Å². The molecule has 0 aliphatic carbocycles. The predicted molar refractivity (Wildman–Crippen MR) is 177 cm³/mol. The SMILES string of the molecule is CNCCCOc1cc(=O)oc2ccc(Cl)cc12.NC(N)=NCCCOc1cc(=O)oc2ccc(Cl)cc12.O=C(O)C(F)(F)F.O=C(O)C(F)(F)F. The zero-order chi connectivity index (χ0) is 39.6. The van der Waals surface area contributed by atoms with E-state index in [1.54, 1.807) is 36.4 Å². The van der Waals surface area contributed by atoms with Crippen molar-refractivity contribution in [2.45, 2.75) is 25.2 Å². The van der Waals surface area contributed by atoms with Crippen molar-refractivity contribution in [1.82, 2.24) is 5.32 Å². The number of carbonyl (C=O) groups is 2. The average Bonchev–Trinajstić information content (AvgIpc) is 3.03. The molecule has 0 saturated heterocycles. The number of halogens is 8. The molecule has 0 unspecified atom stereocenters. The number of alkyl halides is 6. The van der Waals surface area contributed by atoms with Gasteiger partial charge in [-0.05, 0) is 56.4 Å². The second kappa shape index (κ2) is 21.2. The van der Waals surface area contributed by atoms with E-state index >= 15 is 0 Å². The van der Waals surface area contributed by atoms with Gasteiger partial charge in [0, 0.05) is 23.0 Å². The molecule has 0 bridgehead atoms. The summed E-state index contributed by atoms with van der Waals surface area (Å²) in [6.45, 7) is 2.23. The highest BCUT2D eigenvalue weighted by Crippen LogP contribution is 2.28. The van der Waals surface area contributed by atoms with Crippen LogP contribution in [0.2, 0.25) is 10.0 Å². The second-order valence-electron chi connectivity index (χ2n) is 9.56. The number of hydrogen-bond acceptors (Lipinski definition) is 10. The van der Waals surface area contributed by atoms with Crippen molar-refractivity contribution in [3.63, 3.8) is 0 Å². The molecule has 0 aliphatic rings. The fourth-order valence-electron chi connectivity index (χ4n) is 3.34. The number of carboxylic acid groups (broad SMARTS) is 2. The first-order chi connectivity index (χ1) is 24.1. The zero-order valence-corrected chi connectivity index (χ0v) is 28.2. The number of rotatable bonds is 10. The van der Waals surface area contributed by atoms with Gasteiger partial charge in [0.25, 0.3) is 0 Å². The van der Waals surface area contributed by atoms with Gasteiger partial charge in [-0.1, -0.05) is 23.2 Å². The smallest absolute Gasteiger partial charge is 0.490 e. The third-order valence-corrected chi connectivity index (χ3v) is 5.97. The highest BCUT2D eigenvalue weighted by Gasteiger charge is 2.38. The van der Waals surface area contributed by atoms with Crippen LogP contribution in [0, 0.1) is 0 Å². The highest BCUT2D eigenvalue weighted by atomic mass is 35.5. The molecule has 2 heterocycles. The largest absolute Gasteiger partial charge is 0.492 e. The Bertz CT molecular complexity index is 1910. The van der Waals surface area contributed by atoms with Crippen molar-refractivity contribution < 1.29 is 64.5 Å². The van der Waals surface area contributed by atoms with Gasteiger partial charge in [-0.3, -0.25) is 4.99 Å². The monoisotopic (exact) mass is 790 g/mol. The number of carboxylic acids is 2. The van der Waals surface area contributed by atoms with Crippen LogP contribution in [0.1, 0.15) is 12.8 Å². The standard InChI is InChI=1S/C13H14ClN3O3.C13H14ClNO3.2C2HF3O2/c14-8-2-3-10-9(6-8)11(7-12(18)20-10)19-5-1-4-17-13(15)16;1-15-5-2-6-17-12-8-13(16)18-11-4-3-9(14)7-10(11)12;2*3-2(4,5)1(6)7/h2-3,6-7H,1,4-5H2,(H4,15,16,17);3-4,7-8,15H,2,5-6H2,1H3;2*(H,6,7). The number of ether oxygens (including phenoxy) is 2. The average molecular weight is 791 g/mol. The number of nitrogens with zero attached hydrogens (tertiary/aromatic N) is 1. The van der Waals surface area contributed by atoms with E-state index in [0.29, 0.717) is 69.7 Å². The van der Waals surface area contributed by atoms with E-state index in [2.05, 4.69) is 10.3 Å². The molecule has 0 fully saturated rings. The number of aliphatic carboxylic acids is 2. The maximum absolute atomic E-state index is 11.4. The van der Waals surface area contributed by atoms with Gasteiger partial charge >= 0.3 is 35.5 Å². The minimum Gasteiger partial charge on any atom is -0.492 e. The van der Waals surface area contributed by atoms with Crippen molar-refractivity contribution in [3.05, 3.63) is 79.4 Å². The van der Waals surface area contributed by atoms with E-state index in [0.717, 1.165) is 13.0 Å². The van der Waals surface area contributed by atoms with Gasteiger partial charge in [0.1, 0.15) is 22.7 Å². The van der Waals surface area contributed by atoms with E-state index in [1.165, 1.54) is 12.1 Å². The van der Waals surface area contributed by atoms with Crippen LogP contribution < -0.4 is 37.5 Å². The quantitative estimate of drug-likeness (QED) is 0.0459. The van der Waals surface area contributed by atoms with Crippen LogP contribution in [0.25, 0.3) is 21.9 Å². The second-order valence-corrected chi connectivity index (χ2v) is 10.4. The lowest BCUT2D eigenvalue weighted by Gasteiger charge is -2.08. The number of nitrogens with two attached hydrogens (primary N) is 2. The normalized spacial score (nSPS) is 10.8. The Hall–Kier alpha value is -5.21. The molecule has 0 atom stereocenters. The molecule has 4 aromatic rings. The van der Waals surface area contributed by atoms with Crippen molar-refractivity contribution in [2.24, 2.45) is 16.5 Å². The maximum atomic E-state index is 11.4. The summed E-state index contributed by atoms with van der Waals surface area (Å²) in [4.78, 5) is 44.5. The molecule has 52 heavy (non-hydrogen) atoms. The molecule has 0 saturated carbocycles. The molecule has 22 heteroatoms. The van der Waals surface area contributed by atoms with Crippen molar-refractivity contribution in [2.75, 3.05) is 33.4 Å². The summed E-state index contributed by atoms with van der Waals surface area (Å²) in [6.07, 6.45) is -8.68. The molecule has 0 spiro atoms. The third kappa shape index (κ3) is 17.1. The van der Waals surface area contributed by atoms with Crippen molar-refractivity contribution in [1.29, 1.82) is 0 Å². The van der Waals surface area contributed by atoms with Crippen molar-refractivity contribution in [3.8, 4) is 11.5 Å². The lowest BCUT2D eigenvalue weighted by molar-refractivity contribution is -0.193. The van der Waals surface area contributed by atoms with Gasteiger partial charge in [-0.25, -0.2) is 19.2 Å². The Morgan fingerprint density at radius 1 is 0.769 bits per heavy atom. The number of benzene rings is 2. The van der Waals surface area contributed by atoms with Crippen LogP contribution in [0.3, 0.4) is 0 Å². The maximum Gasteiger partial charge on any atom is 0.490 e. The van der Waals surface area contributed by atoms with Gasteiger partial charge in [-0.2, -0.15) is 26.3 Å². The number of hydrogen-bond donors (Lipinski definition) is 5. The summed E-state index contributed by atoms with van der Waals surface area (Å²) in [7, 11) is 1.88. The zero-order valence-electron chi connectivity index (χ0n) is 26.6.